The largest absolute Gasteiger partial charge is 0.513 e. The highest BCUT2D eigenvalue weighted by molar-refractivity contribution is 4.77. The van der Waals surface area contributed by atoms with E-state index in [-0.39, 0.29) is 0 Å². The summed E-state index contributed by atoms with van der Waals surface area (Å²) in [5.74, 6) is 0.322. The predicted molar refractivity (Wildman–Crippen MR) is 57.8 cm³/mol. The third-order valence-electron chi connectivity index (χ3n) is 2.17. The summed E-state index contributed by atoms with van der Waals surface area (Å²) in [5, 5.41) is 8.82. The Bertz CT molecular complexity index is 123. The molecule has 2 heteroatoms. The smallest absolute Gasteiger partial charge is 0.0851 e. The van der Waals surface area contributed by atoms with Gasteiger partial charge in [-0.15, -0.1) is 0 Å². The van der Waals surface area contributed by atoms with Crippen LogP contribution >= 0.6 is 0 Å². The number of hydrogen-bond donors (Lipinski definition) is 2. The zero-order valence-corrected chi connectivity index (χ0v) is 8.60. The monoisotopic (exact) mass is 185 g/mol. The molecular weight excluding hydrogens is 162 g/mol. The van der Waals surface area contributed by atoms with E-state index in [1.54, 1.807) is 0 Å². The van der Waals surface area contributed by atoms with Crippen molar-refractivity contribution in [1.29, 1.82) is 0 Å². The predicted octanol–water partition coefficient (Wildman–Crippen LogP) is 3.14. The molecule has 0 saturated heterocycles. The van der Waals surface area contributed by atoms with Crippen molar-refractivity contribution >= 4 is 0 Å². The molecule has 3 N–H and O–H groups in total. The normalized spacial score (nSPS) is 10.2. The fourth-order valence-corrected chi connectivity index (χ4v) is 1.36. The molecular formula is C11H23NO. The first-order valence-corrected chi connectivity index (χ1v) is 5.34. The van der Waals surface area contributed by atoms with Crippen LogP contribution in [0.2, 0.25) is 0 Å². The maximum Gasteiger partial charge on any atom is 0.0851 e. The molecule has 0 aliphatic heterocycles. The summed E-state index contributed by atoms with van der Waals surface area (Å²) < 4.78 is 0. The van der Waals surface area contributed by atoms with Crippen LogP contribution < -0.4 is 5.73 Å². The third-order valence-corrected chi connectivity index (χ3v) is 2.17. The van der Waals surface area contributed by atoms with E-state index in [0.29, 0.717) is 5.76 Å². The minimum atomic E-state index is 0.322. The number of rotatable bonds is 9. The van der Waals surface area contributed by atoms with Crippen molar-refractivity contribution in [2.24, 2.45) is 5.73 Å². The topological polar surface area (TPSA) is 46.2 Å². The summed E-state index contributed by atoms with van der Waals surface area (Å²) in [7, 11) is 0. The van der Waals surface area contributed by atoms with Gasteiger partial charge >= 0.3 is 0 Å². The van der Waals surface area contributed by atoms with Gasteiger partial charge in [-0.3, -0.25) is 0 Å². The van der Waals surface area contributed by atoms with Gasteiger partial charge in [-0.25, -0.2) is 0 Å². The van der Waals surface area contributed by atoms with Crippen LogP contribution in [-0.4, -0.2) is 11.7 Å². The Morgan fingerprint density at radius 3 is 1.85 bits per heavy atom. The van der Waals surface area contributed by atoms with E-state index < -0.39 is 0 Å². The van der Waals surface area contributed by atoms with Crippen LogP contribution in [0, 0.1) is 0 Å². The lowest BCUT2D eigenvalue weighted by atomic mass is 10.1. The van der Waals surface area contributed by atoms with E-state index >= 15 is 0 Å². The highest BCUT2D eigenvalue weighted by Crippen LogP contribution is 2.09. The van der Waals surface area contributed by atoms with Crippen molar-refractivity contribution in [2.75, 3.05) is 6.54 Å². The van der Waals surface area contributed by atoms with Gasteiger partial charge in [0, 0.05) is 6.42 Å². The third kappa shape index (κ3) is 11.5. The Hall–Kier alpha value is -0.500. The zero-order chi connectivity index (χ0) is 9.94. The number of aliphatic hydroxyl groups excluding tert-OH is 1. The molecule has 0 spiro atoms. The van der Waals surface area contributed by atoms with Gasteiger partial charge in [0.2, 0.25) is 0 Å². The van der Waals surface area contributed by atoms with Gasteiger partial charge in [0.05, 0.1) is 5.76 Å². The Labute approximate surface area is 81.8 Å². The van der Waals surface area contributed by atoms with E-state index in [1.165, 1.54) is 32.1 Å². The minimum Gasteiger partial charge on any atom is -0.513 e. The number of nitrogens with two attached hydrogens (primary N) is 1. The number of unbranched alkanes of at least 4 members (excludes halogenated alkanes) is 6. The first kappa shape index (κ1) is 12.5. The summed E-state index contributed by atoms with van der Waals surface area (Å²) in [4.78, 5) is 0. The Morgan fingerprint density at radius 1 is 0.923 bits per heavy atom. The van der Waals surface area contributed by atoms with Gasteiger partial charge in [-0.2, -0.15) is 0 Å². The summed E-state index contributed by atoms with van der Waals surface area (Å²) in [5.41, 5.74) is 5.39. The van der Waals surface area contributed by atoms with Crippen molar-refractivity contribution in [1.82, 2.24) is 0 Å². The molecule has 0 radical (unpaired) electrons. The summed E-state index contributed by atoms with van der Waals surface area (Å²) in [6.07, 6.45) is 9.36. The van der Waals surface area contributed by atoms with Gasteiger partial charge in [0.15, 0.2) is 0 Å². The van der Waals surface area contributed by atoms with Crippen LogP contribution in [0.5, 0.6) is 0 Å². The number of allylic oxidation sites excluding steroid dienone is 1. The summed E-state index contributed by atoms with van der Waals surface area (Å²) in [6.45, 7) is 4.28. The molecule has 0 saturated carbocycles. The lowest BCUT2D eigenvalue weighted by Gasteiger charge is -2.00. The van der Waals surface area contributed by atoms with Crippen LogP contribution in [0.15, 0.2) is 12.3 Å². The fourth-order valence-electron chi connectivity index (χ4n) is 1.36. The van der Waals surface area contributed by atoms with E-state index in [2.05, 4.69) is 6.58 Å². The van der Waals surface area contributed by atoms with Gasteiger partial charge in [-0.05, 0) is 19.4 Å². The molecule has 2 nitrogen and oxygen atoms in total. The standard InChI is InChI=1S/C11H23NO/c1-11(13)9-7-5-3-2-4-6-8-10-12/h13H,1-10,12H2. The maximum absolute atomic E-state index is 8.82. The van der Waals surface area contributed by atoms with Gasteiger partial charge in [0.1, 0.15) is 0 Å². The van der Waals surface area contributed by atoms with Crippen molar-refractivity contribution in [3.8, 4) is 0 Å². The molecule has 0 atom stereocenters. The molecule has 0 unspecified atom stereocenters. The molecule has 0 heterocycles. The van der Waals surface area contributed by atoms with Gasteiger partial charge < -0.3 is 10.8 Å². The molecule has 0 bridgehead atoms. The average molecular weight is 185 g/mol. The molecule has 78 valence electrons. The highest BCUT2D eigenvalue weighted by atomic mass is 16.3. The second-order valence-electron chi connectivity index (χ2n) is 3.58. The molecule has 0 aromatic heterocycles. The van der Waals surface area contributed by atoms with Crippen LogP contribution in [0.4, 0.5) is 0 Å². The Morgan fingerprint density at radius 2 is 1.38 bits per heavy atom. The van der Waals surface area contributed by atoms with Crippen LogP contribution in [0.3, 0.4) is 0 Å². The SMILES string of the molecule is C=C(O)CCCCCCCCCN. The van der Waals surface area contributed by atoms with Crippen LogP contribution in [0.25, 0.3) is 0 Å². The average Bonchev–Trinajstić information content (AvgIpc) is 2.09. The molecule has 0 fully saturated rings. The molecule has 0 aromatic rings. The summed E-state index contributed by atoms with van der Waals surface area (Å²) in [6, 6.07) is 0. The lowest BCUT2D eigenvalue weighted by Crippen LogP contribution is -1.97. The van der Waals surface area contributed by atoms with E-state index in [9.17, 15) is 0 Å². The first-order chi connectivity index (χ1) is 6.27. The Balaban J connectivity index is 2.87. The molecule has 13 heavy (non-hydrogen) atoms. The first-order valence-electron chi connectivity index (χ1n) is 5.34. The molecule has 0 amide bonds. The van der Waals surface area contributed by atoms with E-state index in [1.807, 2.05) is 0 Å². The second-order valence-corrected chi connectivity index (χ2v) is 3.58. The van der Waals surface area contributed by atoms with Gasteiger partial charge in [0.25, 0.3) is 0 Å². The van der Waals surface area contributed by atoms with Crippen LogP contribution in [0.1, 0.15) is 51.4 Å². The molecule has 0 aliphatic carbocycles. The summed E-state index contributed by atoms with van der Waals surface area (Å²) >= 11 is 0. The Kier molecular flexibility index (Phi) is 9.22. The van der Waals surface area contributed by atoms with E-state index in [4.69, 9.17) is 10.8 Å². The van der Waals surface area contributed by atoms with Crippen molar-refractivity contribution in [3.05, 3.63) is 12.3 Å². The van der Waals surface area contributed by atoms with E-state index in [0.717, 1.165) is 25.8 Å². The van der Waals surface area contributed by atoms with Crippen molar-refractivity contribution in [3.63, 3.8) is 0 Å². The molecule has 0 aliphatic rings. The lowest BCUT2D eigenvalue weighted by molar-refractivity contribution is 0.383. The second kappa shape index (κ2) is 9.59. The molecule has 0 aromatic carbocycles. The van der Waals surface area contributed by atoms with Gasteiger partial charge in [-0.1, -0.05) is 38.7 Å². The minimum absolute atomic E-state index is 0.322. The number of hydrogen-bond acceptors (Lipinski definition) is 2. The highest BCUT2D eigenvalue weighted by Gasteiger charge is 1.92. The van der Waals surface area contributed by atoms with Crippen molar-refractivity contribution in [2.45, 2.75) is 51.4 Å². The van der Waals surface area contributed by atoms with Crippen molar-refractivity contribution < 1.29 is 5.11 Å². The van der Waals surface area contributed by atoms with Crippen LogP contribution in [-0.2, 0) is 0 Å². The quantitative estimate of drug-likeness (QED) is 0.428. The molecule has 0 rings (SSSR count). The fraction of sp³-hybridized carbons (Fsp3) is 0.818. The maximum atomic E-state index is 8.82. The zero-order valence-electron chi connectivity index (χ0n) is 8.60. The number of aliphatic hydroxyl groups is 1.